The summed E-state index contributed by atoms with van der Waals surface area (Å²) in [6.07, 6.45) is 1.15. The van der Waals surface area contributed by atoms with E-state index in [4.69, 9.17) is 11.6 Å². The Hall–Kier alpha value is -0.800. The molecule has 0 amide bonds. The Bertz CT molecular complexity index is 350. The van der Waals surface area contributed by atoms with E-state index in [-0.39, 0.29) is 11.9 Å². The van der Waals surface area contributed by atoms with E-state index >= 15 is 0 Å². The van der Waals surface area contributed by atoms with Crippen LogP contribution in [0.2, 0.25) is 5.02 Å². The van der Waals surface area contributed by atoms with E-state index in [0.29, 0.717) is 36.6 Å². The maximum atomic E-state index is 13.5. The van der Waals surface area contributed by atoms with Gasteiger partial charge in [-0.3, -0.25) is 0 Å². The van der Waals surface area contributed by atoms with E-state index in [1.807, 2.05) is 4.90 Å². The number of hydrogen-bond acceptors (Lipinski definition) is 2. The van der Waals surface area contributed by atoms with Crippen LogP contribution in [0.15, 0.2) is 18.2 Å². The monoisotopic (exact) mass is 229 g/mol. The Morgan fingerprint density at radius 3 is 2.60 bits per heavy atom. The highest BCUT2D eigenvalue weighted by Gasteiger charge is 2.19. The van der Waals surface area contributed by atoms with Crippen molar-refractivity contribution in [3.8, 4) is 0 Å². The van der Waals surface area contributed by atoms with Gasteiger partial charge in [-0.2, -0.15) is 0 Å². The fraction of sp³-hybridized carbons (Fsp3) is 0.455. The molecular formula is C11H13ClFNO. The quantitative estimate of drug-likeness (QED) is 0.800. The van der Waals surface area contributed by atoms with Gasteiger partial charge in [0.2, 0.25) is 0 Å². The molecule has 2 rings (SSSR count). The lowest BCUT2D eigenvalue weighted by atomic mass is 10.1. The topological polar surface area (TPSA) is 23.5 Å². The van der Waals surface area contributed by atoms with Crippen molar-refractivity contribution in [2.24, 2.45) is 0 Å². The summed E-state index contributed by atoms with van der Waals surface area (Å²) in [6.45, 7) is 1.39. The number of halogens is 2. The van der Waals surface area contributed by atoms with Gasteiger partial charge < -0.3 is 10.0 Å². The van der Waals surface area contributed by atoms with E-state index in [1.165, 1.54) is 6.07 Å². The van der Waals surface area contributed by atoms with Crippen molar-refractivity contribution in [3.63, 3.8) is 0 Å². The Balaban J connectivity index is 2.15. The van der Waals surface area contributed by atoms with Crippen LogP contribution in [0.5, 0.6) is 0 Å². The van der Waals surface area contributed by atoms with Crippen molar-refractivity contribution in [2.75, 3.05) is 18.0 Å². The molecule has 1 aromatic carbocycles. The summed E-state index contributed by atoms with van der Waals surface area (Å²) in [7, 11) is 0. The van der Waals surface area contributed by atoms with E-state index < -0.39 is 0 Å². The third kappa shape index (κ3) is 2.41. The normalized spacial score (nSPS) is 18.2. The van der Waals surface area contributed by atoms with Crippen molar-refractivity contribution >= 4 is 17.3 Å². The molecular weight excluding hydrogens is 217 g/mol. The first-order valence-electron chi connectivity index (χ1n) is 5.05. The molecule has 0 radical (unpaired) electrons. The van der Waals surface area contributed by atoms with Crippen molar-refractivity contribution in [1.82, 2.24) is 0 Å². The first-order valence-corrected chi connectivity index (χ1v) is 5.42. The summed E-state index contributed by atoms with van der Waals surface area (Å²) in [6, 6.07) is 4.70. The average Bonchev–Trinajstić information content (AvgIpc) is 2.20. The van der Waals surface area contributed by atoms with Crippen LogP contribution in [0.3, 0.4) is 0 Å². The molecule has 0 bridgehead atoms. The van der Waals surface area contributed by atoms with Gasteiger partial charge in [0.15, 0.2) is 0 Å². The van der Waals surface area contributed by atoms with Gasteiger partial charge in [-0.05, 0) is 31.0 Å². The predicted octanol–water partition coefficient (Wildman–Crippen LogP) is 2.44. The van der Waals surface area contributed by atoms with E-state index in [9.17, 15) is 9.50 Å². The summed E-state index contributed by atoms with van der Waals surface area (Å²) >= 11 is 5.68. The fourth-order valence-electron chi connectivity index (χ4n) is 1.84. The second-order valence-electron chi connectivity index (χ2n) is 3.81. The summed E-state index contributed by atoms with van der Waals surface area (Å²) in [4.78, 5) is 1.94. The number of benzene rings is 1. The van der Waals surface area contributed by atoms with Gasteiger partial charge in [0, 0.05) is 18.1 Å². The molecule has 82 valence electrons. The predicted molar refractivity (Wildman–Crippen MR) is 58.9 cm³/mol. The third-order valence-electron chi connectivity index (χ3n) is 2.71. The van der Waals surface area contributed by atoms with Gasteiger partial charge in [0.05, 0.1) is 11.8 Å². The number of anilines is 1. The number of piperidine rings is 1. The number of aliphatic hydroxyl groups excluding tert-OH is 1. The molecule has 1 N–H and O–H groups in total. The van der Waals surface area contributed by atoms with Gasteiger partial charge >= 0.3 is 0 Å². The standard InChI is InChI=1S/C11H13ClFNO/c12-8-1-2-11(10(13)7-8)14-5-3-9(15)4-6-14/h1-2,7,9,15H,3-6H2. The highest BCUT2D eigenvalue weighted by atomic mass is 35.5. The van der Waals surface area contributed by atoms with E-state index in [1.54, 1.807) is 12.1 Å². The first kappa shape index (κ1) is 10.7. The minimum atomic E-state index is -0.293. The molecule has 1 aromatic rings. The van der Waals surface area contributed by atoms with Gasteiger partial charge in [0.25, 0.3) is 0 Å². The summed E-state index contributed by atoms with van der Waals surface area (Å²) in [5.74, 6) is -0.293. The molecule has 1 saturated heterocycles. The van der Waals surface area contributed by atoms with Crippen LogP contribution < -0.4 is 4.90 Å². The molecule has 1 aliphatic rings. The summed E-state index contributed by atoms with van der Waals surface area (Å²) in [5.41, 5.74) is 0.575. The molecule has 0 atom stereocenters. The molecule has 0 aromatic heterocycles. The van der Waals surface area contributed by atoms with E-state index in [0.717, 1.165) is 0 Å². The fourth-order valence-corrected chi connectivity index (χ4v) is 2.00. The first-order chi connectivity index (χ1) is 7.16. The Kier molecular flexibility index (Phi) is 3.12. The lowest BCUT2D eigenvalue weighted by Crippen LogP contribution is -2.36. The van der Waals surface area contributed by atoms with Crippen molar-refractivity contribution in [1.29, 1.82) is 0 Å². The van der Waals surface area contributed by atoms with Crippen LogP contribution in [0, 0.1) is 5.82 Å². The minimum absolute atomic E-state index is 0.239. The highest BCUT2D eigenvalue weighted by Crippen LogP contribution is 2.25. The zero-order valence-corrected chi connectivity index (χ0v) is 9.04. The molecule has 0 saturated carbocycles. The van der Waals surface area contributed by atoms with Crippen LogP contribution in [-0.4, -0.2) is 24.3 Å². The zero-order valence-electron chi connectivity index (χ0n) is 8.29. The largest absolute Gasteiger partial charge is 0.393 e. The van der Waals surface area contributed by atoms with Gasteiger partial charge in [-0.15, -0.1) is 0 Å². The molecule has 0 unspecified atom stereocenters. The molecule has 0 aliphatic carbocycles. The Morgan fingerprint density at radius 1 is 1.33 bits per heavy atom. The van der Waals surface area contributed by atoms with Crippen LogP contribution in [0.25, 0.3) is 0 Å². The van der Waals surface area contributed by atoms with Gasteiger partial charge in [-0.1, -0.05) is 11.6 Å². The second kappa shape index (κ2) is 4.37. The zero-order chi connectivity index (χ0) is 10.8. The maximum Gasteiger partial charge on any atom is 0.147 e. The molecule has 0 spiro atoms. The van der Waals surface area contributed by atoms with Crippen LogP contribution in [-0.2, 0) is 0 Å². The molecule has 1 heterocycles. The van der Waals surface area contributed by atoms with Crippen molar-refractivity contribution in [2.45, 2.75) is 18.9 Å². The summed E-state index contributed by atoms with van der Waals surface area (Å²) < 4.78 is 13.5. The van der Waals surface area contributed by atoms with Crippen LogP contribution in [0.1, 0.15) is 12.8 Å². The molecule has 4 heteroatoms. The van der Waals surface area contributed by atoms with Crippen LogP contribution >= 0.6 is 11.6 Å². The maximum absolute atomic E-state index is 13.5. The number of aliphatic hydroxyl groups is 1. The molecule has 2 nitrogen and oxygen atoms in total. The Labute approximate surface area is 93.3 Å². The van der Waals surface area contributed by atoms with Crippen molar-refractivity contribution in [3.05, 3.63) is 29.0 Å². The molecule has 15 heavy (non-hydrogen) atoms. The SMILES string of the molecule is OC1CCN(c2ccc(Cl)cc2F)CC1. The molecule has 1 fully saturated rings. The Morgan fingerprint density at radius 2 is 2.00 bits per heavy atom. The average molecular weight is 230 g/mol. The highest BCUT2D eigenvalue weighted by molar-refractivity contribution is 6.30. The smallest absolute Gasteiger partial charge is 0.147 e. The van der Waals surface area contributed by atoms with E-state index in [2.05, 4.69) is 0 Å². The van der Waals surface area contributed by atoms with Crippen LogP contribution in [0.4, 0.5) is 10.1 Å². The summed E-state index contributed by atoms with van der Waals surface area (Å²) in [5, 5.41) is 9.76. The van der Waals surface area contributed by atoms with Gasteiger partial charge in [0.1, 0.15) is 5.82 Å². The van der Waals surface area contributed by atoms with Gasteiger partial charge in [-0.25, -0.2) is 4.39 Å². The number of nitrogens with zero attached hydrogens (tertiary/aromatic N) is 1. The third-order valence-corrected chi connectivity index (χ3v) is 2.95. The lowest BCUT2D eigenvalue weighted by Gasteiger charge is -2.31. The molecule has 1 aliphatic heterocycles. The number of rotatable bonds is 1. The minimum Gasteiger partial charge on any atom is -0.393 e. The van der Waals surface area contributed by atoms with Crippen molar-refractivity contribution < 1.29 is 9.50 Å². The number of hydrogen-bond donors (Lipinski definition) is 1. The lowest BCUT2D eigenvalue weighted by molar-refractivity contribution is 0.145. The second-order valence-corrected chi connectivity index (χ2v) is 4.25.